The average Bonchev–Trinajstić information content (AvgIpc) is 2.84. The Bertz CT molecular complexity index is 1090. The Hall–Kier alpha value is -1.77. The van der Waals surface area contributed by atoms with Crippen LogP contribution in [0.4, 0.5) is 0 Å². The van der Waals surface area contributed by atoms with E-state index >= 15 is 0 Å². The minimum atomic E-state index is -3.86. The van der Waals surface area contributed by atoms with Gasteiger partial charge in [-0.3, -0.25) is 4.18 Å². The molecule has 6 rings (SSSR count). The summed E-state index contributed by atoms with van der Waals surface area (Å²) in [5.74, 6) is 0. The first-order valence-electron chi connectivity index (χ1n) is 12.3. The minimum absolute atomic E-state index is 0.0971. The fraction of sp³-hybridized carbons (Fsp3) is 0.556. The van der Waals surface area contributed by atoms with Gasteiger partial charge >= 0.3 is 0 Å². The highest BCUT2D eigenvalue weighted by molar-refractivity contribution is 7.86. The second kappa shape index (κ2) is 9.36. The molecule has 184 valence electrons. The highest BCUT2D eigenvalue weighted by Gasteiger charge is 2.53. The topological polar surface area (TPSA) is 71.1 Å². The van der Waals surface area contributed by atoms with Crippen LogP contribution >= 0.6 is 0 Å². The van der Waals surface area contributed by atoms with Gasteiger partial charge < -0.3 is 14.2 Å². The van der Waals surface area contributed by atoms with Crippen molar-refractivity contribution in [2.75, 3.05) is 13.2 Å². The lowest BCUT2D eigenvalue weighted by atomic mass is 9.70. The van der Waals surface area contributed by atoms with E-state index in [2.05, 4.69) is 24.3 Å². The van der Waals surface area contributed by atoms with Crippen molar-refractivity contribution in [1.29, 1.82) is 0 Å². The molecule has 0 aromatic heterocycles. The lowest BCUT2D eigenvalue weighted by molar-refractivity contribution is -0.210. The average molecular weight is 487 g/mol. The number of hydrogen-bond donors (Lipinski definition) is 0. The van der Waals surface area contributed by atoms with E-state index in [4.69, 9.17) is 18.4 Å². The van der Waals surface area contributed by atoms with Crippen molar-refractivity contribution in [2.24, 2.45) is 0 Å². The van der Waals surface area contributed by atoms with Gasteiger partial charge in [0.15, 0.2) is 6.29 Å². The molecule has 3 aliphatic heterocycles. The maximum Gasteiger partial charge on any atom is 0.297 e. The molecular formula is C27H34O6S. The van der Waals surface area contributed by atoms with Crippen LogP contribution in [-0.2, 0) is 40.7 Å². The number of ether oxygens (including phenoxy) is 3. The lowest BCUT2D eigenvalue weighted by Gasteiger charge is -2.52. The normalized spacial score (nSPS) is 29.3. The number of fused-ring (bicyclic) bond motifs is 3. The molecule has 1 aliphatic carbocycles. The molecule has 2 bridgehead atoms. The standard InChI is InChI=1S/C27H34O6S/c1-20-6-11-24(21(2)17-20)34(28,29)33-26-12-14-27(15-13-26,32-19-26)23-9-7-22(8-10-23)18-31-25-5-3-4-16-30-25/h6-11,17,25H,3-5,12-16,18-19H2,1-2H3. The van der Waals surface area contributed by atoms with Crippen molar-refractivity contribution in [3.05, 3.63) is 64.7 Å². The smallest absolute Gasteiger partial charge is 0.297 e. The van der Waals surface area contributed by atoms with Crippen molar-refractivity contribution in [3.63, 3.8) is 0 Å². The highest BCUT2D eigenvalue weighted by atomic mass is 32.2. The summed E-state index contributed by atoms with van der Waals surface area (Å²) < 4.78 is 49.9. The Kier molecular flexibility index (Phi) is 6.59. The van der Waals surface area contributed by atoms with Crippen LogP contribution in [0.5, 0.6) is 0 Å². The predicted octanol–water partition coefficient (Wildman–Crippen LogP) is 5.29. The predicted molar refractivity (Wildman–Crippen MR) is 128 cm³/mol. The SMILES string of the molecule is Cc1ccc(S(=O)(=O)OC23CCC(c4ccc(COC5CCCCO5)cc4)(CC2)OC3)c(C)c1. The maximum atomic E-state index is 13.1. The molecule has 3 saturated heterocycles. The van der Waals surface area contributed by atoms with Crippen LogP contribution < -0.4 is 0 Å². The van der Waals surface area contributed by atoms with Crippen LogP contribution in [0, 0.1) is 13.8 Å². The summed E-state index contributed by atoms with van der Waals surface area (Å²) in [6.07, 6.45) is 5.91. The first-order chi connectivity index (χ1) is 16.3. The Labute approximate surface area is 202 Å². The van der Waals surface area contributed by atoms with E-state index < -0.39 is 15.7 Å². The molecule has 3 heterocycles. The third kappa shape index (κ3) is 4.82. The van der Waals surface area contributed by atoms with Gasteiger partial charge in [0.1, 0.15) is 5.60 Å². The van der Waals surface area contributed by atoms with Crippen LogP contribution in [0.2, 0.25) is 0 Å². The molecule has 7 heteroatoms. The molecule has 1 unspecified atom stereocenters. The second-order valence-electron chi connectivity index (χ2n) is 10.1. The van der Waals surface area contributed by atoms with E-state index in [-0.39, 0.29) is 23.4 Å². The lowest BCUT2D eigenvalue weighted by Crippen LogP contribution is -2.55. The van der Waals surface area contributed by atoms with E-state index in [0.717, 1.165) is 55.4 Å². The molecule has 1 atom stereocenters. The zero-order chi connectivity index (χ0) is 23.8. The molecule has 0 spiro atoms. The van der Waals surface area contributed by atoms with Crippen molar-refractivity contribution >= 4 is 10.1 Å². The Balaban J connectivity index is 1.22. The number of hydrogen-bond acceptors (Lipinski definition) is 6. The molecule has 2 aromatic rings. The summed E-state index contributed by atoms with van der Waals surface area (Å²) in [6, 6.07) is 13.7. The highest BCUT2D eigenvalue weighted by Crippen LogP contribution is 2.51. The minimum Gasteiger partial charge on any atom is -0.367 e. The Morgan fingerprint density at radius 1 is 1.00 bits per heavy atom. The number of aryl methyl sites for hydroxylation is 2. The molecule has 0 radical (unpaired) electrons. The molecule has 0 amide bonds. The summed E-state index contributed by atoms with van der Waals surface area (Å²) >= 11 is 0. The van der Waals surface area contributed by atoms with Crippen LogP contribution in [0.25, 0.3) is 0 Å². The summed E-state index contributed by atoms with van der Waals surface area (Å²) in [4.78, 5) is 0.242. The van der Waals surface area contributed by atoms with Gasteiger partial charge in [0, 0.05) is 6.61 Å². The van der Waals surface area contributed by atoms with Crippen molar-refractivity contribution in [2.45, 2.75) is 87.8 Å². The molecule has 4 fully saturated rings. The third-order valence-electron chi connectivity index (χ3n) is 7.52. The van der Waals surface area contributed by atoms with Gasteiger partial charge in [-0.2, -0.15) is 8.42 Å². The van der Waals surface area contributed by atoms with Gasteiger partial charge in [-0.25, -0.2) is 0 Å². The van der Waals surface area contributed by atoms with E-state index in [0.29, 0.717) is 25.0 Å². The van der Waals surface area contributed by atoms with Gasteiger partial charge in [-0.1, -0.05) is 42.0 Å². The van der Waals surface area contributed by atoms with Gasteiger partial charge in [0.25, 0.3) is 10.1 Å². The maximum absolute atomic E-state index is 13.1. The largest absolute Gasteiger partial charge is 0.367 e. The molecule has 4 aliphatic rings. The number of benzene rings is 2. The quantitative estimate of drug-likeness (QED) is 0.495. The zero-order valence-electron chi connectivity index (χ0n) is 20.0. The van der Waals surface area contributed by atoms with Crippen molar-refractivity contribution in [3.8, 4) is 0 Å². The molecule has 34 heavy (non-hydrogen) atoms. The molecule has 0 N–H and O–H groups in total. The summed E-state index contributed by atoms with van der Waals surface area (Å²) in [6.45, 7) is 5.35. The van der Waals surface area contributed by atoms with Crippen LogP contribution in [0.3, 0.4) is 0 Å². The molecular weight excluding hydrogens is 452 g/mol. The second-order valence-corrected chi connectivity index (χ2v) is 11.6. The first-order valence-corrected chi connectivity index (χ1v) is 13.7. The van der Waals surface area contributed by atoms with E-state index in [9.17, 15) is 8.42 Å². The van der Waals surface area contributed by atoms with Crippen LogP contribution in [-0.4, -0.2) is 33.5 Å². The summed E-state index contributed by atoms with van der Waals surface area (Å²) in [5, 5.41) is 0. The fourth-order valence-corrected chi connectivity index (χ4v) is 6.90. The molecule has 1 saturated carbocycles. The van der Waals surface area contributed by atoms with Crippen LogP contribution in [0.15, 0.2) is 47.4 Å². The van der Waals surface area contributed by atoms with E-state index in [1.807, 2.05) is 13.0 Å². The molecule has 2 aromatic carbocycles. The first kappa shape index (κ1) is 23.9. The number of rotatable bonds is 7. The van der Waals surface area contributed by atoms with E-state index in [1.54, 1.807) is 19.1 Å². The monoisotopic (exact) mass is 486 g/mol. The van der Waals surface area contributed by atoms with Crippen molar-refractivity contribution < 1.29 is 26.8 Å². The van der Waals surface area contributed by atoms with Crippen LogP contribution in [0.1, 0.15) is 67.2 Å². The Morgan fingerprint density at radius 3 is 2.38 bits per heavy atom. The van der Waals surface area contributed by atoms with Gasteiger partial charge in [0.2, 0.25) is 0 Å². The van der Waals surface area contributed by atoms with E-state index in [1.165, 1.54) is 0 Å². The van der Waals surface area contributed by atoms with Gasteiger partial charge in [-0.05, 0) is 81.5 Å². The van der Waals surface area contributed by atoms with Crippen molar-refractivity contribution in [1.82, 2.24) is 0 Å². The molecule has 6 nitrogen and oxygen atoms in total. The zero-order valence-corrected chi connectivity index (χ0v) is 20.9. The third-order valence-corrected chi connectivity index (χ3v) is 9.09. The van der Waals surface area contributed by atoms with Gasteiger partial charge in [0.05, 0.1) is 23.7 Å². The Morgan fingerprint density at radius 2 is 1.76 bits per heavy atom. The fourth-order valence-electron chi connectivity index (χ4n) is 5.44. The summed E-state index contributed by atoms with van der Waals surface area (Å²) in [5.41, 5.74) is 2.82. The summed E-state index contributed by atoms with van der Waals surface area (Å²) in [7, 11) is -3.86. The van der Waals surface area contributed by atoms with Gasteiger partial charge in [-0.15, -0.1) is 0 Å².